The highest BCUT2D eigenvalue weighted by Crippen LogP contribution is 2.26. The summed E-state index contributed by atoms with van der Waals surface area (Å²) in [5.41, 5.74) is 1.69. The maximum Gasteiger partial charge on any atom is 0.408 e. The monoisotopic (exact) mass is 521 g/mol. The molecule has 0 aliphatic rings. The summed E-state index contributed by atoms with van der Waals surface area (Å²) in [4.78, 5) is 41.7. The third-order valence-corrected chi connectivity index (χ3v) is 5.98. The number of nitrogens with zero attached hydrogens (tertiary/aromatic N) is 1. The number of ether oxygens (including phenoxy) is 1. The van der Waals surface area contributed by atoms with Gasteiger partial charge in [0.25, 0.3) is 0 Å². The van der Waals surface area contributed by atoms with E-state index in [0.717, 1.165) is 42.4 Å². The maximum absolute atomic E-state index is 13.9. The molecule has 2 unspecified atom stereocenters. The predicted molar refractivity (Wildman–Crippen MR) is 149 cm³/mol. The van der Waals surface area contributed by atoms with Crippen LogP contribution in [0.25, 0.3) is 0 Å². The van der Waals surface area contributed by atoms with Crippen LogP contribution in [-0.2, 0) is 14.3 Å². The fourth-order valence-electron chi connectivity index (χ4n) is 3.76. The average Bonchev–Trinajstić information content (AvgIpc) is 2.73. The van der Waals surface area contributed by atoms with Gasteiger partial charge in [0.05, 0.1) is 0 Å². The largest absolute Gasteiger partial charge is 0.444 e. The van der Waals surface area contributed by atoms with Gasteiger partial charge in [0.2, 0.25) is 11.8 Å². The number of alkyl carbamates (subject to hydrolysis) is 1. The molecule has 0 saturated carbocycles. The van der Waals surface area contributed by atoms with Crippen molar-refractivity contribution in [1.29, 1.82) is 0 Å². The first-order valence-electron chi connectivity index (χ1n) is 12.9. The Labute approximate surface area is 223 Å². The first kappa shape index (κ1) is 31.8. The molecule has 7 nitrogen and oxygen atoms in total. The van der Waals surface area contributed by atoms with Gasteiger partial charge < -0.3 is 20.3 Å². The molecular formula is C28H47N3O4S. The topological polar surface area (TPSA) is 87.7 Å². The van der Waals surface area contributed by atoms with E-state index in [4.69, 9.17) is 4.74 Å². The number of rotatable bonds is 11. The minimum absolute atomic E-state index is 0.0735. The summed E-state index contributed by atoms with van der Waals surface area (Å²) in [6, 6.07) is 4.05. The van der Waals surface area contributed by atoms with E-state index in [1.165, 1.54) is 0 Å². The molecule has 8 heteroatoms. The van der Waals surface area contributed by atoms with E-state index in [-0.39, 0.29) is 17.6 Å². The zero-order valence-electron chi connectivity index (χ0n) is 23.7. The molecule has 0 aromatic heterocycles. The Morgan fingerprint density at radius 1 is 1.00 bits per heavy atom. The maximum atomic E-state index is 13.9. The fraction of sp³-hybridized carbons (Fsp3) is 0.679. The van der Waals surface area contributed by atoms with Crippen molar-refractivity contribution >= 4 is 30.5 Å². The predicted octanol–water partition coefficient (Wildman–Crippen LogP) is 5.49. The van der Waals surface area contributed by atoms with E-state index in [2.05, 4.69) is 30.2 Å². The number of thiol groups is 1. The van der Waals surface area contributed by atoms with Gasteiger partial charge in [-0.25, -0.2) is 4.79 Å². The van der Waals surface area contributed by atoms with Crippen LogP contribution in [0.1, 0.15) is 96.9 Å². The first-order chi connectivity index (χ1) is 16.6. The van der Waals surface area contributed by atoms with Crippen LogP contribution in [-0.4, -0.2) is 52.3 Å². The molecule has 0 fully saturated rings. The van der Waals surface area contributed by atoms with Crippen LogP contribution in [0.2, 0.25) is 0 Å². The van der Waals surface area contributed by atoms with Gasteiger partial charge in [0, 0.05) is 17.8 Å². The first-order valence-corrected chi connectivity index (χ1v) is 13.5. The molecule has 0 radical (unpaired) electrons. The summed E-state index contributed by atoms with van der Waals surface area (Å²) in [7, 11) is 0. The molecule has 0 aliphatic carbocycles. The van der Waals surface area contributed by atoms with Crippen LogP contribution in [0, 0.1) is 13.8 Å². The summed E-state index contributed by atoms with van der Waals surface area (Å²) in [5.74, 6) is -0.547. The van der Waals surface area contributed by atoms with Crippen molar-refractivity contribution in [2.24, 2.45) is 0 Å². The average molecular weight is 522 g/mol. The van der Waals surface area contributed by atoms with Crippen LogP contribution in [0.15, 0.2) is 18.2 Å². The van der Waals surface area contributed by atoms with Gasteiger partial charge in [-0.05, 0) is 78.5 Å². The molecule has 0 heterocycles. The summed E-state index contributed by atoms with van der Waals surface area (Å²) >= 11 is 4.35. The number of hydrogen-bond donors (Lipinski definition) is 3. The van der Waals surface area contributed by atoms with Crippen LogP contribution in [0.4, 0.5) is 4.79 Å². The Morgan fingerprint density at radius 2 is 1.64 bits per heavy atom. The molecule has 2 N–H and O–H groups in total. The second kappa shape index (κ2) is 13.9. The Hall–Kier alpha value is -2.22. The number of carbonyl (C=O) groups is 3. The van der Waals surface area contributed by atoms with Crippen LogP contribution in [0.5, 0.6) is 0 Å². The summed E-state index contributed by atoms with van der Waals surface area (Å²) in [6.45, 7) is 17.5. The van der Waals surface area contributed by atoms with Gasteiger partial charge >= 0.3 is 6.09 Å². The fourth-order valence-corrected chi connectivity index (χ4v) is 4.00. The van der Waals surface area contributed by atoms with Crippen molar-refractivity contribution in [2.45, 2.75) is 111 Å². The molecule has 36 heavy (non-hydrogen) atoms. The van der Waals surface area contributed by atoms with Crippen molar-refractivity contribution in [2.75, 3.05) is 12.3 Å². The van der Waals surface area contributed by atoms with E-state index in [1.54, 1.807) is 25.7 Å². The third kappa shape index (κ3) is 10.8. The van der Waals surface area contributed by atoms with Crippen LogP contribution < -0.4 is 10.6 Å². The highest BCUT2D eigenvalue weighted by Gasteiger charge is 2.36. The highest BCUT2D eigenvalue weighted by molar-refractivity contribution is 7.80. The minimum Gasteiger partial charge on any atom is -0.444 e. The number of nitrogens with one attached hydrogen (secondary N) is 2. The van der Waals surface area contributed by atoms with Gasteiger partial charge in [-0.15, -0.1) is 0 Å². The van der Waals surface area contributed by atoms with Crippen molar-refractivity contribution < 1.29 is 19.1 Å². The lowest BCUT2D eigenvalue weighted by Gasteiger charge is -2.36. The summed E-state index contributed by atoms with van der Waals surface area (Å²) in [6.07, 6.45) is 3.08. The van der Waals surface area contributed by atoms with Crippen LogP contribution in [0.3, 0.4) is 0 Å². The van der Waals surface area contributed by atoms with Crippen molar-refractivity contribution in [3.63, 3.8) is 0 Å². The van der Waals surface area contributed by atoms with Gasteiger partial charge in [-0.3, -0.25) is 9.59 Å². The van der Waals surface area contributed by atoms with Crippen molar-refractivity contribution in [3.8, 4) is 0 Å². The normalized spacial score (nSPS) is 13.5. The lowest BCUT2D eigenvalue weighted by molar-refractivity contribution is -0.142. The van der Waals surface area contributed by atoms with Gasteiger partial charge in [0.1, 0.15) is 17.7 Å². The molecule has 1 aromatic rings. The molecule has 3 amide bonds. The number of unbranched alkanes of at least 4 members (excludes halogenated alkanes) is 3. The highest BCUT2D eigenvalue weighted by atomic mass is 32.1. The second-order valence-corrected chi connectivity index (χ2v) is 11.8. The van der Waals surface area contributed by atoms with Gasteiger partial charge in [-0.1, -0.05) is 44.4 Å². The zero-order chi connectivity index (χ0) is 27.7. The summed E-state index contributed by atoms with van der Waals surface area (Å²) in [5, 5.41) is 5.71. The van der Waals surface area contributed by atoms with E-state index < -0.39 is 29.3 Å². The second-order valence-electron chi connectivity index (χ2n) is 11.5. The van der Waals surface area contributed by atoms with Crippen molar-refractivity contribution in [1.82, 2.24) is 15.5 Å². The quantitative estimate of drug-likeness (QED) is 0.265. The SMILES string of the molecule is CCCCCCN(C(=O)C(CS)NC(=O)OC(C)(C)C)C(C(=O)NC(C)(C)C)c1ccc(C)c(C)c1. The number of benzene rings is 1. The Bertz CT molecular complexity index is 890. The molecule has 2 atom stereocenters. The lowest BCUT2D eigenvalue weighted by Crippen LogP contribution is -2.55. The van der Waals surface area contributed by atoms with E-state index in [1.807, 2.05) is 52.8 Å². The van der Waals surface area contributed by atoms with Crippen LogP contribution >= 0.6 is 12.6 Å². The molecule has 0 bridgehead atoms. The molecule has 1 rings (SSSR count). The Kier molecular flexibility index (Phi) is 12.3. The molecule has 204 valence electrons. The molecule has 1 aromatic carbocycles. The molecule has 0 spiro atoms. The Balaban J connectivity index is 3.46. The van der Waals surface area contributed by atoms with Gasteiger partial charge in [0.15, 0.2) is 0 Å². The lowest BCUT2D eigenvalue weighted by atomic mass is 9.97. The van der Waals surface area contributed by atoms with E-state index in [0.29, 0.717) is 6.54 Å². The van der Waals surface area contributed by atoms with E-state index >= 15 is 0 Å². The zero-order valence-corrected chi connectivity index (χ0v) is 24.6. The number of carbonyl (C=O) groups excluding carboxylic acids is 3. The van der Waals surface area contributed by atoms with Gasteiger partial charge in [-0.2, -0.15) is 12.6 Å². The minimum atomic E-state index is -0.939. The number of aryl methyl sites for hydroxylation is 2. The number of amides is 3. The molecule has 0 aliphatic heterocycles. The number of hydrogen-bond acceptors (Lipinski definition) is 5. The summed E-state index contributed by atoms with van der Waals surface area (Å²) < 4.78 is 5.37. The smallest absolute Gasteiger partial charge is 0.408 e. The molecular weight excluding hydrogens is 474 g/mol. The Morgan fingerprint density at radius 3 is 2.14 bits per heavy atom. The third-order valence-electron chi connectivity index (χ3n) is 5.61. The van der Waals surface area contributed by atoms with E-state index in [9.17, 15) is 14.4 Å². The standard InChI is InChI=1S/C28H47N3O4S/c1-10-11-12-13-16-31(25(33)22(18-36)29-26(34)35-28(7,8)9)23(24(32)30-27(4,5)6)21-15-14-19(2)20(3)17-21/h14-15,17,22-23,36H,10-13,16,18H2,1-9H3,(H,29,34)(H,30,32). The molecule has 0 saturated heterocycles. The van der Waals surface area contributed by atoms with Crippen molar-refractivity contribution in [3.05, 3.63) is 34.9 Å².